The Labute approximate surface area is 68.8 Å². The molecule has 0 N–H and O–H groups in total. The summed E-state index contributed by atoms with van der Waals surface area (Å²) in [5.41, 5.74) is 1.40. The van der Waals surface area contributed by atoms with Gasteiger partial charge in [0.05, 0.1) is 5.76 Å². The van der Waals surface area contributed by atoms with E-state index in [0.29, 0.717) is 12.0 Å². The van der Waals surface area contributed by atoms with E-state index in [1.807, 2.05) is 6.08 Å². The Morgan fingerprint density at radius 3 is 2.55 bits per heavy atom. The van der Waals surface area contributed by atoms with Crippen molar-refractivity contribution in [2.75, 3.05) is 6.61 Å². The van der Waals surface area contributed by atoms with Gasteiger partial charge in [-0.15, -0.1) is 0 Å². The maximum absolute atomic E-state index is 5.40. The van der Waals surface area contributed by atoms with Crippen LogP contribution in [0.1, 0.15) is 27.2 Å². The molecular formula is C10H16O. The van der Waals surface area contributed by atoms with E-state index >= 15 is 0 Å². The van der Waals surface area contributed by atoms with Crippen LogP contribution in [0.25, 0.3) is 0 Å². The molecule has 62 valence electrons. The summed E-state index contributed by atoms with van der Waals surface area (Å²) >= 11 is 0. The van der Waals surface area contributed by atoms with Gasteiger partial charge in [-0.25, -0.2) is 0 Å². The van der Waals surface area contributed by atoms with E-state index < -0.39 is 0 Å². The molecule has 1 aliphatic heterocycles. The first-order valence-electron chi connectivity index (χ1n) is 3.98. The molecule has 0 fully saturated rings. The van der Waals surface area contributed by atoms with Crippen molar-refractivity contribution in [3.8, 4) is 0 Å². The highest BCUT2D eigenvalue weighted by molar-refractivity contribution is 5.23. The van der Waals surface area contributed by atoms with Crippen LogP contribution in [0.4, 0.5) is 0 Å². The first-order chi connectivity index (χ1) is 4.97. The molecule has 1 nitrogen and oxygen atoms in total. The predicted octanol–water partition coefficient (Wildman–Crippen LogP) is 2.89. The van der Waals surface area contributed by atoms with Gasteiger partial charge in [0.2, 0.25) is 0 Å². The van der Waals surface area contributed by atoms with Crippen LogP contribution in [0, 0.1) is 5.41 Å². The van der Waals surface area contributed by atoms with Crippen molar-refractivity contribution in [3.05, 3.63) is 24.0 Å². The highest BCUT2D eigenvalue weighted by Crippen LogP contribution is 2.28. The lowest BCUT2D eigenvalue weighted by molar-refractivity contribution is 0.218. The molecule has 1 heterocycles. The molecule has 0 atom stereocenters. The van der Waals surface area contributed by atoms with Crippen molar-refractivity contribution >= 4 is 0 Å². The maximum atomic E-state index is 5.40. The SMILES string of the molecule is C=C1C=C(CC(C)(C)C)OC1. The molecule has 1 rings (SSSR count). The van der Waals surface area contributed by atoms with Gasteiger partial charge in [0, 0.05) is 6.42 Å². The summed E-state index contributed by atoms with van der Waals surface area (Å²) < 4.78 is 5.40. The highest BCUT2D eigenvalue weighted by Gasteiger charge is 2.17. The van der Waals surface area contributed by atoms with Gasteiger partial charge in [-0.1, -0.05) is 27.4 Å². The Balaban J connectivity index is 2.51. The lowest BCUT2D eigenvalue weighted by atomic mass is 9.91. The Bertz CT molecular complexity index is 193. The number of hydrogen-bond acceptors (Lipinski definition) is 1. The summed E-state index contributed by atoms with van der Waals surface area (Å²) in [7, 11) is 0. The Hall–Kier alpha value is -0.720. The van der Waals surface area contributed by atoms with Gasteiger partial charge in [0.1, 0.15) is 6.61 Å². The third kappa shape index (κ3) is 2.79. The fourth-order valence-electron chi connectivity index (χ4n) is 1.12. The number of rotatable bonds is 1. The van der Waals surface area contributed by atoms with Crippen LogP contribution >= 0.6 is 0 Å². The zero-order valence-corrected chi connectivity index (χ0v) is 7.61. The normalized spacial score (nSPS) is 18.1. The fourth-order valence-corrected chi connectivity index (χ4v) is 1.12. The van der Waals surface area contributed by atoms with Crippen LogP contribution < -0.4 is 0 Å². The van der Waals surface area contributed by atoms with Crippen LogP contribution in [-0.4, -0.2) is 6.61 Å². The van der Waals surface area contributed by atoms with Crippen LogP contribution in [-0.2, 0) is 4.74 Å². The quantitative estimate of drug-likeness (QED) is 0.561. The molecule has 0 saturated carbocycles. The van der Waals surface area contributed by atoms with E-state index in [0.717, 1.165) is 17.8 Å². The minimum Gasteiger partial charge on any atom is -0.493 e. The second-order valence-electron chi connectivity index (χ2n) is 4.30. The summed E-state index contributed by atoms with van der Waals surface area (Å²) in [4.78, 5) is 0. The monoisotopic (exact) mass is 152 g/mol. The molecule has 0 radical (unpaired) electrons. The van der Waals surface area contributed by atoms with Crippen molar-refractivity contribution < 1.29 is 4.74 Å². The summed E-state index contributed by atoms with van der Waals surface area (Å²) in [5, 5.41) is 0. The molecule has 0 aromatic rings. The van der Waals surface area contributed by atoms with Crippen molar-refractivity contribution in [3.63, 3.8) is 0 Å². The standard InChI is InChI=1S/C10H16O/c1-8-5-9(11-7-8)6-10(2,3)4/h5H,1,6-7H2,2-4H3. The first kappa shape index (κ1) is 8.38. The zero-order chi connectivity index (χ0) is 8.48. The molecule has 0 unspecified atom stereocenters. The van der Waals surface area contributed by atoms with E-state index in [9.17, 15) is 0 Å². The highest BCUT2D eigenvalue weighted by atomic mass is 16.5. The van der Waals surface area contributed by atoms with Gasteiger partial charge in [0.15, 0.2) is 0 Å². The zero-order valence-electron chi connectivity index (χ0n) is 7.61. The van der Waals surface area contributed by atoms with Gasteiger partial charge < -0.3 is 4.74 Å². The van der Waals surface area contributed by atoms with Crippen molar-refractivity contribution in [1.82, 2.24) is 0 Å². The molecule has 0 spiro atoms. The number of ether oxygens (including phenoxy) is 1. The lowest BCUT2D eigenvalue weighted by Crippen LogP contribution is -2.06. The minimum atomic E-state index is 0.316. The molecule has 1 heteroatoms. The molecule has 0 aliphatic carbocycles. The van der Waals surface area contributed by atoms with Gasteiger partial charge in [0.25, 0.3) is 0 Å². The van der Waals surface area contributed by atoms with E-state index in [-0.39, 0.29) is 0 Å². The molecule has 0 bridgehead atoms. The summed E-state index contributed by atoms with van der Waals surface area (Å²) in [6, 6.07) is 0. The third-order valence-corrected chi connectivity index (χ3v) is 1.51. The lowest BCUT2D eigenvalue weighted by Gasteiger charge is -2.17. The first-order valence-corrected chi connectivity index (χ1v) is 3.98. The molecule has 0 aromatic carbocycles. The molecular weight excluding hydrogens is 136 g/mol. The third-order valence-electron chi connectivity index (χ3n) is 1.51. The second-order valence-corrected chi connectivity index (χ2v) is 4.30. The average molecular weight is 152 g/mol. The number of hydrogen-bond donors (Lipinski definition) is 0. The smallest absolute Gasteiger partial charge is 0.112 e. The second kappa shape index (κ2) is 2.72. The molecule has 0 aromatic heterocycles. The minimum absolute atomic E-state index is 0.316. The Kier molecular flexibility index (Phi) is 2.08. The van der Waals surface area contributed by atoms with Crippen LogP contribution in [0.15, 0.2) is 24.0 Å². The van der Waals surface area contributed by atoms with Gasteiger partial charge >= 0.3 is 0 Å². The van der Waals surface area contributed by atoms with Gasteiger partial charge in [-0.05, 0) is 17.1 Å². The molecule has 0 saturated heterocycles. The average Bonchev–Trinajstić information content (AvgIpc) is 2.10. The fraction of sp³-hybridized carbons (Fsp3) is 0.600. The van der Waals surface area contributed by atoms with Crippen molar-refractivity contribution in [2.45, 2.75) is 27.2 Å². The van der Waals surface area contributed by atoms with E-state index in [1.54, 1.807) is 0 Å². The van der Waals surface area contributed by atoms with Gasteiger partial charge in [-0.3, -0.25) is 0 Å². The van der Waals surface area contributed by atoms with Crippen molar-refractivity contribution in [2.24, 2.45) is 5.41 Å². The van der Waals surface area contributed by atoms with Crippen LogP contribution in [0.3, 0.4) is 0 Å². The van der Waals surface area contributed by atoms with E-state index in [4.69, 9.17) is 4.74 Å². The van der Waals surface area contributed by atoms with E-state index in [1.165, 1.54) is 0 Å². The molecule has 0 amide bonds. The summed E-state index contributed by atoms with van der Waals surface area (Å²) in [6.45, 7) is 11.1. The summed E-state index contributed by atoms with van der Waals surface area (Å²) in [5.74, 6) is 1.09. The predicted molar refractivity (Wildman–Crippen MR) is 47.2 cm³/mol. The van der Waals surface area contributed by atoms with Crippen LogP contribution in [0.2, 0.25) is 0 Å². The van der Waals surface area contributed by atoms with Gasteiger partial charge in [-0.2, -0.15) is 0 Å². The Morgan fingerprint density at radius 2 is 2.18 bits per heavy atom. The van der Waals surface area contributed by atoms with E-state index in [2.05, 4.69) is 27.4 Å². The topological polar surface area (TPSA) is 9.23 Å². The molecule has 11 heavy (non-hydrogen) atoms. The largest absolute Gasteiger partial charge is 0.493 e. The van der Waals surface area contributed by atoms with Crippen LogP contribution in [0.5, 0.6) is 0 Å². The summed E-state index contributed by atoms with van der Waals surface area (Å²) in [6.07, 6.45) is 3.05. The maximum Gasteiger partial charge on any atom is 0.112 e. The molecule has 1 aliphatic rings. The Morgan fingerprint density at radius 1 is 1.55 bits per heavy atom. The number of allylic oxidation sites excluding steroid dienone is 1. The van der Waals surface area contributed by atoms with Crippen molar-refractivity contribution in [1.29, 1.82) is 0 Å².